The van der Waals surface area contributed by atoms with Gasteiger partial charge in [0.05, 0.1) is 11.9 Å². The summed E-state index contributed by atoms with van der Waals surface area (Å²) in [6.45, 7) is 3.22. The average molecular weight is 409 g/mol. The maximum absolute atomic E-state index is 12.4. The van der Waals surface area contributed by atoms with E-state index in [0.717, 1.165) is 31.9 Å². The third-order valence-electron chi connectivity index (χ3n) is 5.38. The number of piperidine rings is 1. The van der Waals surface area contributed by atoms with Crippen LogP contribution < -0.4 is 5.73 Å². The van der Waals surface area contributed by atoms with Gasteiger partial charge in [0.25, 0.3) is 0 Å². The molecule has 2 rings (SSSR count). The van der Waals surface area contributed by atoms with Crippen LogP contribution in [-0.2, 0) is 14.6 Å². The highest BCUT2D eigenvalue weighted by molar-refractivity contribution is 7.90. The van der Waals surface area contributed by atoms with Crippen molar-refractivity contribution in [2.45, 2.75) is 51.2 Å². The van der Waals surface area contributed by atoms with Crippen LogP contribution in [-0.4, -0.2) is 61.6 Å². The molecule has 3 unspecified atom stereocenters. The SMILES string of the molecule is CC#CC1C=CC(CC2CCN(C(=O)CC(N)C(O)CS(C)(=O)=O)CC2)=CC1. The number of likely N-dealkylation sites (tertiary alicyclic amines) is 1. The predicted molar refractivity (Wildman–Crippen MR) is 111 cm³/mol. The fraction of sp³-hybridized carbons (Fsp3) is 0.667. The van der Waals surface area contributed by atoms with Gasteiger partial charge in [0.2, 0.25) is 5.91 Å². The normalized spacial score (nSPS) is 22.8. The number of allylic oxidation sites excluding steroid dienone is 4. The van der Waals surface area contributed by atoms with E-state index < -0.39 is 27.7 Å². The summed E-state index contributed by atoms with van der Waals surface area (Å²) >= 11 is 0. The van der Waals surface area contributed by atoms with Gasteiger partial charge in [-0.25, -0.2) is 8.42 Å². The lowest BCUT2D eigenvalue weighted by molar-refractivity contribution is -0.133. The van der Waals surface area contributed by atoms with Gasteiger partial charge in [-0.3, -0.25) is 4.79 Å². The molecule has 3 N–H and O–H groups in total. The van der Waals surface area contributed by atoms with Gasteiger partial charge in [0.15, 0.2) is 0 Å². The lowest BCUT2D eigenvalue weighted by Gasteiger charge is -2.33. The summed E-state index contributed by atoms with van der Waals surface area (Å²) < 4.78 is 22.5. The number of nitrogens with two attached hydrogens (primary N) is 1. The van der Waals surface area contributed by atoms with Crippen molar-refractivity contribution in [1.29, 1.82) is 0 Å². The minimum absolute atomic E-state index is 0.0326. The van der Waals surface area contributed by atoms with Gasteiger partial charge in [-0.1, -0.05) is 29.7 Å². The van der Waals surface area contributed by atoms with E-state index in [2.05, 4.69) is 30.1 Å². The van der Waals surface area contributed by atoms with Crippen molar-refractivity contribution >= 4 is 15.7 Å². The summed E-state index contributed by atoms with van der Waals surface area (Å²) in [5.41, 5.74) is 7.18. The third-order valence-corrected chi connectivity index (χ3v) is 6.32. The van der Waals surface area contributed by atoms with E-state index in [0.29, 0.717) is 24.9 Å². The molecule has 1 fully saturated rings. The minimum Gasteiger partial charge on any atom is -0.390 e. The molecular formula is C21H32N2O4S. The van der Waals surface area contributed by atoms with Crippen LogP contribution in [0.4, 0.5) is 0 Å². The number of amides is 1. The molecule has 0 aromatic carbocycles. The maximum atomic E-state index is 12.4. The topological polar surface area (TPSA) is 101 Å². The van der Waals surface area contributed by atoms with Gasteiger partial charge in [0, 0.05) is 37.7 Å². The molecule has 156 valence electrons. The quantitative estimate of drug-likeness (QED) is 0.618. The van der Waals surface area contributed by atoms with E-state index in [1.807, 2.05) is 6.92 Å². The number of rotatable bonds is 7. The van der Waals surface area contributed by atoms with Crippen molar-refractivity contribution in [2.75, 3.05) is 25.1 Å². The van der Waals surface area contributed by atoms with E-state index in [-0.39, 0.29) is 12.3 Å². The summed E-state index contributed by atoms with van der Waals surface area (Å²) in [5, 5.41) is 9.88. The first kappa shape index (κ1) is 22.7. The fourth-order valence-corrected chi connectivity index (χ4v) is 4.60. The zero-order valence-electron chi connectivity index (χ0n) is 16.8. The second-order valence-electron chi connectivity index (χ2n) is 7.93. The lowest BCUT2D eigenvalue weighted by Crippen LogP contribution is -2.46. The molecule has 1 heterocycles. The zero-order valence-corrected chi connectivity index (χ0v) is 17.6. The fourth-order valence-electron chi connectivity index (χ4n) is 3.73. The smallest absolute Gasteiger partial charge is 0.224 e. The van der Waals surface area contributed by atoms with Gasteiger partial charge < -0.3 is 15.7 Å². The highest BCUT2D eigenvalue weighted by atomic mass is 32.2. The van der Waals surface area contributed by atoms with Crippen LogP contribution >= 0.6 is 0 Å². The Morgan fingerprint density at radius 1 is 1.39 bits per heavy atom. The zero-order chi connectivity index (χ0) is 20.7. The molecule has 1 aliphatic heterocycles. The van der Waals surface area contributed by atoms with Crippen molar-refractivity contribution in [3.8, 4) is 11.8 Å². The lowest BCUT2D eigenvalue weighted by atomic mass is 9.86. The Hall–Kier alpha value is -1.62. The van der Waals surface area contributed by atoms with Crippen LogP contribution in [0.3, 0.4) is 0 Å². The molecule has 0 aromatic heterocycles. The van der Waals surface area contributed by atoms with E-state index in [1.54, 1.807) is 4.90 Å². The summed E-state index contributed by atoms with van der Waals surface area (Å²) in [5.74, 6) is 6.48. The van der Waals surface area contributed by atoms with Gasteiger partial charge in [0.1, 0.15) is 9.84 Å². The highest BCUT2D eigenvalue weighted by Crippen LogP contribution is 2.28. The van der Waals surface area contributed by atoms with Crippen LogP contribution in [0.1, 0.15) is 39.0 Å². The molecule has 7 heteroatoms. The Morgan fingerprint density at radius 2 is 2.07 bits per heavy atom. The molecule has 6 nitrogen and oxygen atoms in total. The second-order valence-corrected chi connectivity index (χ2v) is 10.1. The number of carbonyl (C=O) groups is 1. The first-order valence-corrected chi connectivity index (χ1v) is 11.9. The van der Waals surface area contributed by atoms with Gasteiger partial charge in [-0.15, -0.1) is 5.92 Å². The van der Waals surface area contributed by atoms with Crippen LogP contribution in [0.2, 0.25) is 0 Å². The molecule has 0 aromatic rings. The number of sulfone groups is 1. The van der Waals surface area contributed by atoms with Gasteiger partial charge in [-0.05, 0) is 38.5 Å². The molecule has 1 saturated heterocycles. The number of nitrogens with zero attached hydrogens (tertiary/aromatic N) is 1. The van der Waals surface area contributed by atoms with Crippen LogP contribution in [0, 0.1) is 23.7 Å². The van der Waals surface area contributed by atoms with Crippen LogP contribution in [0.15, 0.2) is 23.8 Å². The van der Waals surface area contributed by atoms with Crippen molar-refractivity contribution in [3.05, 3.63) is 23.8 Å². The van der Waals surface area contributed by atoms with E-state index >= 15 is 0 Å². The minimum atomic E-state index is -3.33. The van der Waals surface area contributed by atoms with E-state index in [4.69, 9.17) is 5.73 Å². The van der Waals surface area contributed by atoms with Crippen molar-refractivity contribution < 1.29 is 18.3 Å². The van der Waals surface area contributed by atoms with Gasteiger partial charge in [-0.2, -0.15) is 0 Å². The largest absolute Gasteiger partial charge is 0.390 e. The van der Waals surface area contributed by atoms with E-state index in [9.17, 15) is 18.3 Å². The molecule has 0 spiro atoms. The summed E-state index contributed by atoms with van der Waals surface area (Å²) in [4.78, 5) is 14.2. The van der Waals surface area contributed by atoms with E-state index in [1.165, 1.54) is 5.57 Å². The molecule has 1 amide bonds. The van der Waals surface area contributed by atoms with Crippen molar-refractivity contribution in [1.82, 2.24) is 4.90 Å². The molecule has 0 bridgehead atoms. The van der Waals surface area contributed by atoms with Crippen LogP contribution in [0.25, 0.3) is 0 Å². The first-order chi connectivity index (χ1) is 13.2. The number of aliphatic hydroxyl groups is 1. The molecule has 0 saturated carbocycles. The Bertz CT molecular complexity index is 768. The van der Waals surface area contributed by atoms with Gasteiger partial charge >= 0.3 is 0 Å². The highest BCUT2D eigenvalue weighted by Gasteiger charge is 2.27. The van der Waals surface area contributed by atoms with Crippen LogP contribution in [0.5, 0.6) is 0 Å². The third kappa shape index (κ3) is 7.42. The molecule has 0 radical (unpaired) electrons. The number of carbonyl (C=O) groups excluding carboxylic acids is 1. The summed E-state index contributed by atoms with van der Waals surface area (Å²) in [6.07, 6.45) is 10.3. The molecule has 1 aliphatic carbocycles. The number of hydrogen-bond acceptors (Lipinski definition) is 5. The number of hydrogen-bond donors (Lipinski definition) is 2. The maximum Gasteiger partial charge on any atom is 0.224 e. The Labute approximate surface area is 168 Å². The Balaban J connectivity index is 1.75. The molecule has 2 aliphatic rings. The number of aliphatic hydroxyl groups excluding tert-OH is 1. The monoisotopic (exact) mass is 408 g/mol. The standard InChI is InChI=1S/C21H32N2O4S/c1-3-4-16-5-7-17(8-6-16)13-18-9-11-23(12-10-18)21(25)14-19(22)20(24)15-28(2,26)27/h5,7-8,16,18-20,24H,6,9-15,22H2,1-2H3. The molecular weight excluding hydrogens is 376 g/mol. The first-order valence-electron chi connectivity index (χ1n) is 9.86. The summed E-state index contributed by atoms with van der Waals surface area (Å²) in [7, 11) is -3.33. The average Bonchev–Trinajstić information content (AvgIpc) is 2.62. The Kier molecular flexibility index (Phi) is 8.29. The van der Waals surface area contributed by atoms with Crippen molar-refractivity contribution in [3.63, 3.8) is 0 Å². The molecule has 28 heavy (non-hydrogen) atoms. The van der Waals surface area contributed by atoms with Crippen molar-refractivity contribution in [2.24, 2.45) is 17.6 Å². The Morgan fingerprint density at radius 3 is 2.61 bits per heavy atom. The summed E-state index contributed by atoms with van der Waals surface area (Å²) in [6, 6.07) is -0.864. The molecule has 3 atom stereocenters. The second kappa shape index (κ2) is 10.2. The predicted octanol–water partition coefficient (Wildman–Crippen LogP) is 1.26.